The molecule has 9 rings (SSSR count). The summed E-state index contributed by atoms with van der Waals surface area (Å²) >= 11 is 0. The summed E-state index contributed by atoms with van der Waals surface area (Å²) in [5.74, 6) is 2.33. The van der Waals surface area contributed by atoms with Crippen LogP contribution in [-0.2, 0) is 42.7 Å². The van der Waals surface area contributed by atoms with Crippen LogP contribution in [0.15, 0.2) is 24.3 Å². The van der Waals surface area contributed by atoms with E-state index in [4.69, 9.17) is 37.9 Å². The number of rotatable bonds is 17. The molecule has 5 aliphatic heterocycles. The SMILES string of the molecule is C=CCCCCCCCCC(=O)NC[C@H]1O[C@@H](O[C@H]2CC[C@@]3(C)C(=CC[C@H]4C5C[C@@H]6O[C@]7(CC[C@H](C)CO7)[C@@H](C)[C@@H]6[C@@]5(C)CC[C@@H]43)C2)[C@H](O[C@H]2O[C@H](C)[C@@H](O)[C@H](O)[C@@H]2O)[C@@H](O)[C@@H]1O[C@H]1O[C@H](C)[C@@H](O)[C@H](O)[C@@H]1O. The van der Waals surface area contributed by atoms with Crippen LogP contribution < -0.4 is 5.32 Å². The minimum atomic E-state index is -1.73. The number of hydrogen-bond donors (Lipinski definition) is 8. The van der Waals surface area contributed by atoms with Crippen LogP contribution in [0, 0.1) is 46.3 Å². The average Bonchev–Trinajstić information content (AvgIpc) is 3.82. The Bertz CT molecular complexity index is 1900. The average molecular weight is 1030 g/mol. The molecule has 1 spiro atoms. The molecule has 416 valence electrons. The molecule has 1 amide bonds. The number of ether oxygens (including phenoxy) is 8. The highest BCUT2D eigenvalue weighted by Crippen LogP contribution is 2.70. The summed E-state index contributed by atoms with van der Waals surface area (Å²) in [7, 11) is 0. The number of unbranched alkanes of at least 4 members (excludes halogenated alkanes) is 6. The van der Waals surface area contributed by atoms with E-state index in [1.54, 1.807) is 0 Å². The molecule has 0 aromatic heterocycles. The number of amides is 1. The van der Waals surface area contributed by atoms with Crippen LogP contribution in [0.4, 0.5) is 0 Å². The number of nitrogens with one attached hydrogen (secondary N) is 1. The Morgan fingerprint density at radius 2 is 1.40 bits per heavy atom. The summed E-state index contributed by atoms with van der Waals surface area (Å²) in [5, 5.41) is 80.3. The van der Waals surface area contributed by atoms with E-state index < -0.39 is 97.9 Å². The Hall–Kier alpha value is -1.65. The van der Waals surface area contributed by atoms with E-state index >= 15 is 0 Å². The second-order valence-corrected chi connectivity index (χ2v) is 24.6. The van der Waals surface area contributed by atoms with Crippen molar-refractivity contribution >= 4 is 5.91 Å². The zero-order valence-corrected chi connectivity index (χ0v) is 44.4. The van der Waals surface area contributed by atoms with Crippen molar-refractivity contribution in [1.29, 1.82) is 0 Å². The number of allylic oxidation sites excluding steroid dienone is 2. The van der Waals surface area contributed by atoms with E-state index in [9.17, 15) is 40.5 Å². The Balaban J connectivity index is 0.921. The van der Waals surface area contributed by atoms with Gasteiger partial charge in [-0.25, -0.2) is 0 Å². The fourth-order valence-electron chi connectivity index (χ4n) is 15.6. The summed E-state index contributed by atoms with van der Waals surface area (Å²) in [6, 6.07) is 0. The van der Waals surface area contributed by atoms with Gasteiger partial charge in [0.25, 0.3) is 0 Å². The number of fused-ring (bicyclic) bond motifs is 7. The minimum absolute atomic E-state index is 0.0402. The minimum Gasteiger partial charge on any atom is -0.388 e. The molecule has 17 nitrogen and oxygen atoms in total. The van der Waals surface area contributed by atoms with Crippen molar-refractivity contribution in [2.45, 2.75) is 261 Å². The molecule has 8 fully saturated rings. The molecular formula is C56H91NO16. The summed E-state index contributed by atoms with van der Waals surface area (Å²) in [4.78, 5) is 13.4. The van der Waals surface area contributed by atoms with Crippen molar-refractivity contribution in [3.05, 3.63) is 24.3 Å². The third kappa shape index (κ3) is 10.9. The predicted molar refractivity (Wildman–Crippen MR) is 266 cm³/mol. The van der Waals surface area contributed by atoms with Gasteiger partial charge in [-0.3, -0.25) is 4.79 Å². The van der Waals surface area contributed by atoms with Gasteiger partial charge in [0.15, 0.2) is 24.7 Å². The van der Waals surface area contributed by atoms with Gasteiger partial charge in [-0.2, -0.15) is 0 Å². The van der Waals surface area contributed by atoms with E-state index in [0.29, 0.717) is 54.8 Å². The van der Waals surface area contributed by atoms with Crippen LogP contribution in [-0.4, -0.2) is 165 Å². The van der Waals surface area contributed by atoms with Crippen molar-refractivity contribution < 1.29 is 78.4 Å². The van der Waals surface area contributed by atoms with E-state index in [2.05, 4.69) is 45.7 Å². The van der Waals surface area contributed by atoms with Crippen LogP contribution in [0.3, 0.4) is 0 Å². The Morgan fingerprint density at radius 3 is 2.05 bits per heavy atom. The zero-order valence-electron chi connectivity index (χ0n) is 44.4. The number of aliphatic hydroxyl groups is 7. The van der Waals surface area contributed by atoms with Crippen molar-refractivity contribution in [2.75, 3.05) is 13.2 Å². The first-order valence-electron chi connectivity index (χ1n) is 28.4. The molecule has 8 N–H and O–H groups in total. The Kier molecular flexibility index (Phi) is 17.7. The second-order valence-electron chi connectivity index (χ2n) is 24.6. The number of carbonyl (C=O) groups is 1. The molecule has 26 atom stereocenters. The highest BCUT2D eigenvalue weighted by atomic mass is 16.8. The maximum absolute atomic E-state index is 13.4. The third-order valence-corrected chi connectivity index (χ3v) is 20.0. The fourth-order valence-corrected chi connectivity index (χ4v) is 15.6. The van der Waals surface area contributed by atoms with Crippen LogP contribution in [0.1, 0.15) is 151 Å². The van der Waals surface area contributed by atoms with Crippen molar-refractivity contribution in [3.63, 3.8) is 0 Å². The Morgan fingerprint density at radius 1 is 0.740 bits per heavy atom. The standard InChI is InChI=1S/C56H91NO16/c1-8-9-10-11-12-13-14-15-16-40(58)57-27-39-49(71-51-46(63)44(61)42(59)31(4)67-51)48(65)50(72-52-47(64)45(62)43(60)32(5)68-52)53(70-39)69-34-20-22-54(6)33(25-34)17-18-35-36(54)21-23-55(7)37(35)26-38-41(55)30(3)56(73-38)24-19-29(2)28-66-56/h8,17,29-32,34-39,41-53,59-65H,1,9-16,18-28H2,2-7H3,(H,57,58)/t29-,30-,31+,32+,34-,35+,36-,37?,38-,39+,41-,42+,43+,44-,45-,46-,47-,48-,49+,50+,51+,52+,53+,54-,55-,56+/m0/s1. The first-order valence-corrected chi connectivity index (χ1v) is 28.4. The van der Waals surface area contributed by atoms with E-state index in [0.717, 1.165) is 90.1 Å². The molecule has 5 saturated heterocycles. The predicted octanol–water partition coefficient (Wildman–Crippen LogP) is 4.67. The molecule has 5 heterocycles. The van der Waals surface area contributed by atoms with Gasteiger partial charge in [-0.05, 0) is 125 Å². The van der Waals surface area contributed by atoms with E-state index in [-0.39, 0.29) is 41.9 Å². The topological polar surface area (TPSA) is 245 Å². The lowest BCUT2D eigenvalue weighted by Gasteiger charge is -2.59. The maximum Gasteiger partial charge on any atom is 0.220 e. The fraction of sp³-hybridized carbons (Fsp3) is 0.911. The normalized spacial score (nSPS) is 50.6. The van der Waals surface area contributed by atoms with Gasteiger partial charge in [-0.1, -0.05) is 71.1 Å². The second kappa shape index (κ2) is 23.0. The summed E-state index contributed by atoms with van der Waals surface area (Å²) in [5.41, 5.74) is 1.50. The van der Waals surface area contributed by atoms with Crippen molar-refractivity contribution in [2.24, 2.45) is 46.3 Å². The molecule has 0 aromatic rings. The highest BCUT2D eigenvalue weighted by Gasteiger charge is 2.69. The van der Waals surface area contributed by atoms with Gasteiger partial charge < -0.3 is 79.0 Å². The van der Waals surface area contributed by atoms with Gasteiger partial charge in [0, 0.05) is 25.3 Å². The highest BCUT2D eigenvalue weighted by molar-refractivity contribution is 5.75. The molecule has 0 bridgehead atoms. The molecule has 17 heteroatoms. The summed E-state index contributed by atoms with van der Waals surface area (Å²) in [6.45, 7) is 17.1. The van der Waals surface area contributed by atoms with Gasteiger partial charge in [-0.15, -0.1) is 6.58 Å². The van der Waals surface area contributed by atoms with Gasteiger partial charge in [0.05, 0.1) is 31.0 Å². The first-order chi connectivity index (χ1) is 34.8. The molecular weight excluding hydrogens is 943 g/mol. The number of hydrogen-bond acceptors (Lipinski definition) is 16. The smallest absolute Gasteiger partial charge is 0.220 e. The van der Waals surface area contributed by atoms with Gasteiger partial charge >= 0.3 is 0 Å². The lowest BCUT2D eigenvalue weighted by atomic mass is 9.47. The largest absolute Gasteiger partial charge is 0.388 e. The monoisotopic (exact) mass is 1030 g/mol. The lowest BCUT2D eigenvalue weighted by Crippen LogP contribution is -2.67. The van der Waals surface area contributed by atoms with Crippen molar-refractivity contribution in [1.82, 2.24) is 5.32 Å². The van der Waals surface area contributed by atoms with Crippen LogP contribution in [0.5, 0.6) is 0 Å². The molecule has 73 heavy (non-hydrogen) atoms. The van der Waals surface area contributed by atoms with Gasteiger partial charge in [0.1, 0.15) is 61.0 Å². The van der Waals surface area contributed by atoms with Crippen LogP contribution in [0.25, 0.3) is 0 Å². The van der Waals surface area contributed by atoms with Crippen molar-refractivity contribution in [3.8, 4) is 0 Å². The molecule has 9 aliphatic rings. The number of carbonyl (C=O) groups excluding carboxylic acids is 1. The lowest BCUT2D eigenvalue weighted by molar-refractivity contribution is -0.386. The Labute approximate surface area is 433 Å². The molecule has 3 saturated carbocycles. The van der Waals surface area contributed by atoms with Gasteiger partial charge in [0.2, 0.25) is 5.91 Å². The zero-order chi connectivity index (χ0) is 52.1. The molecule has 1 unspecified atom stereocenters. The molecule has 4 aliphatic carbocycles. The quantitative estimate of drug-likeness (QED) is 0.0729. The number of aliphatic hydroxyl groups excluding tert-OH is 7. The van der Waals surface area contributed by atoms with E-state index in [1.165, 1.54) is 19.4 Å². The summed E-state index contributed by atoms with van der Waals surface area (Å²) < 4.78 is 51.6. The third-order valence-electron chi connectivity index (χ3n) is 20.0. The van der Waals surface area contributed by atoms with E-state index in [1.807, 2.05) is 6.08 Å². The van der Waals surface area contributed by atoms with Crippen LogP contribution >= 0.6 is 0 Å². The molecule has 0 radical (unpaired) electrons. The summed E-state index contributed by atoms with van der Waals surface area (Å²) in [6.07, 6.45) is -1.46. The first kappa shape index (κ1) is 56.1. The molecule has 0 aromatic carbocycles. The van der Waals surface area contributed by atoms with Crippen LogP contribution in [0.2, 0.25) is 0 Å². The maximum atomic E-state index is 13.4.